The van der Waals surface area contributed by atoms with Gasteiger partial charge in [-0.2, -0.15) is 5.10 Å². The normalized spacial score (nSPS) is 10.7. The summed E-state index contributed by atoms with van der Waals surface area (Å²) in [4.78, 5) is 24.8. The molecule has 0 bridgehead atoms. The van der Waals surface area contributed by atoms with Crippen molar-refractivity contribution < 1.29 is 23.8 Å². The Kier molecular flexibility index (Phi) is 9.22. The van der Waals surface area contributed by atoms with Crippen molar-refractivity contribution in [3.05, 3.63) is 87.9 Å². The Balaban J connectivity index is 1.66. The molecule has 0 aliphatic rings. The van der Waals surface area contributed by atoms with E-state index in [2.05, 4.69) is 26.5 Å². The zero-order chi connectivity index (χ0) is 24.3. The number of benzene rings is 3. The van der Waals surface area contributed by atoms with Crippen LogP contribution in [-0.4, -0.2) is 31.3 Å². The maximum Gasteiger partial charge on any atom is 0.343 e. The average Bonchev–Trinajstić information content (AvgIpc) is 2.84. The highest BCUT2D eigenvalue weighted by atomic mass is 79.9. The smallest absolute Gasteiger partial charge is 0.343 e. The topological polar surface area (TPSA) is 86.2 Å². The highest BCUT2D eigenvalue weighted by molar-refractivity contribution is 9.10. The number of hydrazone groups is 1. The van der Waals surface area contributed by atoms with Crippen LogP contribution < -0.4 is 19.6 Å². The van der Waals surface area contributed by atoms with Gasteiger partial charge in [0.15, 0.2) is 11.5 Å². The van der Waals surface area contributed by atoms with E-state index in [4.69, 9.17) is 14.2 Å². The molecule has 34 heavy (non-hydrogen) atoms. The quantitative estimate of drug-likeness (QED) is 0.161. The fourth-order valence-corrected chi connectivity index (χ4v) is 3.28. The fourth-order valence-electron chi connectivity index (χ4n) is 2.88. The first-order valence-corrected chi connectivity index (χ1v) is 11.6. The third kappa shape index (κ3) is 7.18. The lowest BCUT2D eigenvalue weighted by Gasteiger charge is -2.12. The lowest BCUT2D eigenvalue weighted by atomic mass is 10.2. The predicted molar refractivity (Wildman–Crippen MR) is 134 cm³/mol. The molecular weight excluding hydrogens is 500 g/mol. The van der Waals surface area contributed by atoms with Crippen LogP contribution in [0.3, 0.4) is 0 Å². The SMILES string of the molecule is CCCOc1ccc(C(=O)Oc2ccc(C=NNC(=O)c3cccc(Br)c3)cc2OCC)cc1. The van der Waals surface area contributed by atoms with Crippen LogP contribution in [0.4, 0.5) is 0 Å². The zero-order valence-corrected chi connectivity index (χ0v) is 20.5. The van der Waals surface area contributed by atoms with Gasteiger partial charge >= 0.3 is 5.97 Å². The average molecular weight is 525 g/mol. The Morgan fingerprint density at radius 2 is 1.74 bits per heavy atom. The molecule has 3 aromatic rings. The number of nitrogens with zero attached hydrogens (tertiary/aromatic N) is 1. The molecule has 1 amide bonds. The maximum absolute atomic E-state index is 12.6. The lowest BCUT2D eigenvalue weighted by Crippen LogP contribution is -2.17. The number of halogens is 1. The zero-order valence-electron chi connectivity index (χ0n) is 18.9. The van der Waals surface area contributed by atoms with E-state index in [0.717, 1.165) is 10.9 Å². The van der Waals surface area contributed by atoms with Gasteiger partial charge in [-0.25, -0.2) is 10.2 Å². The minimum absolute atomic E-state index is 0.286. The highest BCUT2D eigenvalue weighted by Gasteiger charge is 2.13. The molecule has 3 aromatic carbocycles. The van der Waals surface area contributed by atoms with Crippen molar-refractivity contribution in [3.63, 3.8) is 0 Å². The van der Waals surface area contributed by atoms with E-state index >= 15 is 0 Å². The number of hydrogen-bond acceptors (Lipinski definition) is 6. The summed E-state index contributed by atoms with van der Waals surface area (Å²) >= 11 is 3.33. The van der Waals surface area contributed by atoms with Gasteiger partial charge < -0.3 is 14.2 Å². The number of carbonyl (C=O) groups excluding carboxylic acids is 2. The number of rotatable bonds is 10. The number of nitrogens with one attached hydrogen (secondary N) is 1. The summed E-state index contributed by atoms with van der Waals surface area (Å²) < 4.78 is 17.5. The Morgan fingerprint density at radius 1 is 0.941 bits per heavy atom. The summed E-state index contributed by atoms with van der Waals surface area (Å²) in [6.45, 7) is 4.86. The molecule has 7 nitrogen and oxygen atoms in total. The van der Waals surface area contributed by atoms with E-state index < -0.39 is 5.97 Å². The molecule has 3 rings (SSSR count). The summed E-state index contributed by atoms with van der Waals surface area (Å²) in [5, 5.41) is 4.00. The molecular formula is C26H25BrN2O5. The first-order chi connectivity index (χ1) is 16.5. The van der Waals surface area contributed by atoms with E-state index in [9.17, 15) is 9.59 Å². The van der Waals surface area contributed by atoms with Crippen LogP contribution in [0, 0.1) is 0 Å². The summed E-state index contributed by atoms with van der Waals surface area (Å²) in [6, 6.07) is 18.8. The Morgan fingerprint density at radius 3 is 2.44 bits per heavy atom. The third-order valence-corrected chi connectivity index (χ3v) is 4.99. The number of carbonyl (C=O) groups is 2. The predicted octanol–water partition coefficient (Wildman–Crippen LogP) is 5.62. The van der Waals surface area contributed by atoms with Crippen molar-refractivity contribution in [2.75, 3.05) is 13.2 Å². The maximum atomic E-state index is 12.6. The van der Waals surface area contributed by atoms with Crippen LogP contribution in [-0.2, 0) is 0 Å². The molecule has 0 saturated carbocycles. The van der Waals surface area contributed by atoms with Crippen molar-refractivity contribution >= 4 is 34.0 Å². The monoisotopic (exact) mass is 524 g/mol. The van der Waals surface area contributed by atoms with E-state index in [1.807, 2.05) is 19.9 Å². The first kappa shape index (κ1) is 25.0. The standard InChI is InChI=1S/C26H25BrN2O5/c1-3-14-33-22-11-9-19(10-12-22)26(31)34-23-13-8-18(15-24(23)32-4-2)17-28-29-25(30)20-6-5-7-21(27)16-20/h5-13,15-17H,3-4,14H2,1-2H3,(H,29,30). The molecule has 176 valence electrons. The van der Waals surface area contributed by atoms with Crippen molar-refractivity contribution in [3.8, 4) is 17.2 Å². The van der Waals surface area contributed by atoms with Crippen LogP contribution in [0.1, 0.15) is 46.5 Å². The van der Waals surface area contributed by atoms with Gasteiger partial charge in [0, 0.05) is 10.0 Å². The van der Waals surface area contributed by atoms with Crippen molar-refractivity contribution in [2.24, 2.45) is 5.10 Å². The van der Waals surface area contributed by atoms with Gasteiger partial charge in [0.25, 0.3) is 5.91 Å². The Labute approximate surface area is 206 Å². The molecule has 0 aromatic heterocycles. The molecule has 0 unspecified atom stereocenters. The minimum Gasteiger partial charge on any atom is -0.494 e. The number of amides is 1. The summed E-state index contributed by atoms with van der Waals surface area (Å²) in [5.41, 5.74) is 4.02. The summed E-state index contributed by atoms with van der Waals surface area (Å²) in [7, 11) is 0. The van der Waals surface area contributed by atoms with Gasteiger partial charge in [-0.15, -0.1) is 0 Å². The molecule has 0 fully saturated rings. The molecule has 0 aliphatic heterocycles. The van der Waals surface area contributed by atoms with Crippen LogP contribution in [0.15, 0.2) is 76.3 Å². The minimum atomic E-state index is -0.509. The van der Waals surface area contributed by atoms with Gasteiger partial charge in [-0.3, -0.25) is 4.79 Å². The fraction of sp³-hybridized carbons (Fsp3) is 0.192. The molecule has 0 radical (unpaired) electrons. The molecule has 0 aliphatic carbocycles. The van der Waals surface area contributed by atoms with Gasteiger partial charge in [0.05, 0.1) is 25.0 Å². The molecule has 0 saturated heterocycles. The Hall–Kier alpha value is -3.65. The van der Waals surface area contributed by atoms with E-state index in [0.29, 0.717) is 41.4 Å². The van der Waals surface area contributed by atoms with Gasteiger partial charge in [-0.05, 0) is 79.6 Å². The highest BCUT2D eigenvalue weighted by Crippen LogP contribution is 2.29. The van der Waals surface area contributed by atoms with E-state index in [1.165, 1.54) is 6.21 Å². The number of ether oxygens (including phenoxy) is 3. The second-order valence-electron chi connectivity index (χ2n) is 7.11. The van der Waals surface area contributed by atoms with Crippen LogP contribution in [0.5, 0.6) is 17.2 Å². The summed E-state index contributed by atoms with van der Waals surface area (Å²) in [5.74, 6) is 0.531. The molecule has 0 heterocycles. The lowest BCUT2D eigenvalue weighted by molar-refractivity contribution is 0.0728. The van der Waals surface area contributed by atoms with E-state index in [1.54, 1.807) is 60.7 Å². The van der Waals surface area contributed by atoms with Crippen molar-refractivity contribution in [2.45, 2.75) is 20.3 Å². The molecule has 0 spiro atoms. The molecule has 8 heteroatoms. The second-order valence-corrected chi connectivity index (χ2v) is 8.03. The molecule has 0 atom stereocenters. The Bertz CT molecular complexity index is 1160. The van der Waals surface area contributed by atoms with Crippen LogP contribution in [0.25, 0.3) is 0 Å². The van der Waals surface area contributed by atoms with Crippen LogP contribution in [0.2, 0.25) is 0 Å². The van der Waals surface area contributed by atoms with Gasteiger partial charge in [0.2, 0.25) is 0 Å². The van der Waals surface area contributed by atoms with E-state index in [-0.39, 0.29) is 11.7 Å². The third-order valence-electron chi connectivity index (χ3n) is 4.50. The van der Waals surface area contributed by atoms with Crippen molar-refractivity contribution in [1.82, 2.24) is 5.43 Å². The number of hydrogen-bond donors (Lipinski definition) is 1. The largest absolute Gasteiger partial charge is 0.494 e. The summed E-state index contributed by atoms with van der Waals surface area (Å²) in [6.07, 6.45) is 2.39. The second kappa shape index (κ2) is 12.6. The van der Waals surface area contributed by atoms with Crippen molar-refractivity contribution in [1.29, 1.82) is 0 Å². The molecule has 1 N–H and O–H groups in total. The van der Waals surface area contributed by atoms with Gasteiger partial charge in [0.1, 0.15) is 5.75 Å². The number of esters is 1. The first-order valence-electron chi connectivity index (χ1n) is 10.8. The van der Waals surface area contributed by atoms with Crippen LogP contribution >= 0.6 is 15.9 Å². The van der Waals surface area contributed by atoms with Gasteiger partial charge in [-0.1, -0.05) is 28.9 Å².